The van der Waals surface area contributed by atoms with Gasteiger partial charge in [0.2, 0.25) is 0 Å². The summed E-state index contributed by atoms with van der Waals surface area (Å²) in [5, 5.41) is 21.9. The maximum atomic E-state index is 11.9. The van der Waals surface area contributed by atoms with Crippen LogP contribution >= 0.6 is 15.9 Å². The zero-order valence-corrected chi connectivity index (χ0v) is 11.8. The molecule has 108 valence electrons. The Balaban J connectivity index is 2.27. The number of benzene rings is 1. The molecule has 21 heavy (non-hydrogen) atoms. The molecule has 1 aromatic heterocycles. The van der Waals surface area contributed by atoms with Crippen molar-refractivity contribution in [3.63, 3.8) is 0 Å². The summed E-state index contributed by atoms with van der Waals surface area (Å²) in [5.74, 6) is -2.87. The largest absolute Gasteiger partial charge is 0.478 e. The predicted octanol–water partition coefficient (Wildman–Crippen LogP) is 2.90. The molecule has 0 unspecified atom stereocenters. The molecule has 0 aliphatic heterocycles. The fraction of sp³-hybridized carbons (Fsp3) is 0. The Morgan fingerprint density at radius 1 is 1.29 bits per heavy atom. The molecule has 0 saturated heterocycles. The molecule has 0 saturated carbocycles. The third-order valence-corrected chi connectivity index (χ3v) is 2.95. The number of nitrogens with one attached hydrogen (secondary N) is 1. The van der Waals surface area contributed by atoms with E-state index in [1.54, 1.807) is 6.07 Å². The highest BCUT2D eigenvalue weighted by atomic mass is 79.9. The molecule has 1 aromatic carbocycles. The van der Waals surface area contributed by atoms with E-state index in [1.807, 2.05) is 0 Å². The lowest BCUT2D eigenvalue weighted by molar-refractivity contribution is -0.402. The Hall–Kier alpha value is -2.68. The molecule has 2 rings (SSSR count). The minimum absolute atomic E-state index is 0.0507. The maximum Gasteiger partial charge on any atom is 0.433 e. The molecule has 1 heterocycles. The molecule has 9 heteroatoms. The summed E-state index contributed by atoms with van der Waals surface area (Å²) in [6.45, 7) is 0. The van der Waals surface area contributed by atoms with Crippen LogP contribution in [0.5, 0.6) is 0 Å². The van der Waals surface area contributed by atoms with E-state index in [9.17, 15) is 19.7 Å². The van der Waals surface area contributed by atoms with Gasteiger partial charge in [-0.25, -0.2) is 4.79 Å². The molecule has 0 bridgehead atoms. The number of halogens is 1. The summed E-state index contributed by atoms with van der Waals surface area (Å²) >= 11 is 3.13. The third kappa shape index (κ3) is 3.26. The Kier molecular flexibility index (Phi) is 4.03. The molecule has 0 aliphatic carbocycles. The lowest BCUT2D eigenvalue weighted by atomic mass is 10.2. The van der Waals surface area contributed by atoms with Crippen LogP contribution in [0.1, 0.15) is 20.9 Å². The average molecular weight is 355 g/mol. The van der Waals surface area contributed by atoms with Crippen LogP contribution in [-0.2, 0) is 0 Å². The lowest BCUT2D eigenvalue weighted by Gasteiger charge is -2.07. The van der Waals surface area contributed by atoms with Crippen LogP contribution in [0, 0.1) is 10.1 Å². The fourth-order valence-electron chi connectivity index (χ4n) is 1.53. The van der Waals surface area contributed by atoms with E-state index in [2.05, 4.69) is 21.2 Å². The zero-order valence-electron chi connectivity index (χ0n) is 10.2. The van der Waals surface area contributed by atoms with Gasteiger partial charge in [0.1, 0.15) is 4.92 Å². The van der Waals surface area contributed by atoms with Gasteiger partial charge in [0.05, 0.1) is 17.3 Å². The second-order valence-corrected chi connectivity index (χ2v) is 4.76. The van der Waals surface area contributed by atoms with Gasteiger partial charge in [0.15, 0.2) is 5.76 Å². The summed E-state index contributed by atoms with van der Waals surface area (Å²) in [4.78, 5) is 32.7. The number of aromatic carboxylic acids is 1. The minimum atomic E-state index is -1.22. The zero-order chi connectivity index (χ0) is 15.6. The molecule has 0 atom stereocenters. The van der Waals surface area contributed by atoms with E-state index >= 15 is 0 Å². The highest BCUT2D eigenvalue weighted by Crippen LogP contribution is 2.23. The number of hydrogen-bond acceptors (Lipinski definition) is 5. The number of rotatable bonds is 4. The third-order valence-electron chi connectivity index (χ3n) is 2.46. The summed E-state index contributed by atoms with van der Waals surface area (Å²) in [7, 11) is 0. The molecule has 0 aliphatic rings. The number of anilines is 1. The Morgan fingerprint density at radius 3 is 2.57 bits per heavy atom. The van der Waals surface area contributed by atoms with Crippen molar-refractivity contribution in [3.05, 3.63) is 56.2 Å². The quantitative estimate of drug-likeness (QED) is 0.642. The van der Waals surface area contributed by atoms with Crippen molar-refractivity contribution in [1.82, 2.24) is 0 Å². The van der Waals surface area contributed by atoms with Gasteiger partial charge in [-0.1, -0.05) is 15.9 Å². The molecule has 0 fully saturated rings. The Morgan fingerprint density at radius 2 is 2.00 bits per heavy atom. The molecule has 0 spiro atoms. The second kappa shape index (κ2) is 5.75. The minimum Gasteiger partial charge on any atom is -0.478 e. The van der Waals surface area contributed by atoms with Gasteiger partial charge in [-0.3, -0.25) is 14.9 Å². The first-order valence-electron chi connectivity index (χ1n) is 5.47. The number of carbonyl (C=O) groups excluding carboxylic acids is 1. The Bertz CT molecular complexity index is 739. The average Bonchev–Trinajstić information content (AvgIpc) is 2.90. The van der Waals surface area contributed by atoms with Crippen LogP contribution in [-0.4, -0.2) is 21.9 Å². The van der Waals surface area contributed by atoms with Gasteiger partial charge >= 0.3 is 11.9 Å². The van der Waals surface area contributed by atoms with Crippen molar-refractivity contribution >= 4 is 39.4 Å². The van der Waals surface area contributed by atoms with Gasteiger partial charge in [0.25, 0.3) is 5.91 Å². The lowest BCUT2D eigenvalue weighted by Crippen LogP contribution is -2.14. The number of carbonyl (C=O) groups is 2. The van der Waals surface area contributed by atoms with Crippen molar-refractivity contribution in [2.45, 2.75) is 0 Å². The van der Waals surface area contributed by atoms with Crippen LogP contribution in [0.4, 0.5) is 11.6 Å². The van der Waals surface area contributed by atoms with E-state index in [1.165, 1.54) is 12.1 Å². The molecule has 1 amide bonds. The number of hydrogen-bond donors (Lipinski definition) is 2. The van der Waals surface area contributed by atoms with Gasteiger partial charge in [-0.05, 0) is 24.3 Å². The number of nitro groups is 1. The van der Waals surface area contributed by atoms with E-state index in [4.69, 9.17) is 9.52 Å². The van der Waals surface area contributed by atoms with Crippen molar-refractivity contribution in [2.75, 3.05) is 5.32 Å². The highest BCUT2D eigenvalue weighted by Gasteiger charge is 2.19. The number of furan rings is 1. The predicted molar refractivity (Wildman–Crippen MR) is 74.4 cm³/mol. The normalized spacial score (nSPS) is 10.1. The molecule has 0 radical (unpaired) electrons. The van der Waals surface area contributed by atoms with Gasteiger partial charge in [-0.15, -0.1) is 0 Å². The topological polar surface area (TPSA) is 123 Å². The van der Waals surface area contributed by atoms with E-state index < -0.39 is 22.7 Å². The molecule has 2 N–H and O–H groups in total. The fourth-order valence-corrected chi connectivity index (χ4v) is 1.90. The van der Waals surface area contributed by atoms with Crippen molar-refractivity contribution in [2.24, 2.45) is 0 Å². The monoisotopic (exact) mass is 354 g/mol. The summed E-state index contributed by atoms with van der Waals surface area (Å²) < 4.78 is 5.27. The highest BCUT2D eigenvalue weighted by molar-refractivity contribution is 9.10. The summed E-state index contributed by atoms with van der Waals surface area (Å²) in [6.07, 6.45) is 0. The first-order chi connectivity index (χ1) is 9.88. The van der Waals surface area contributed by atoms with Crippen LogP contribution < -0.4 is 5.32 Å². The molecular formula is C12H7BrN2O6. The first-order valence-corrected chi connectivity index (χ1v) is 6.26. The van der Waals surface area contributed by atoms with Crippen molar-refractivity contribution in [1.29, 1.82) is 0 Å². The maximum absolute atomic E-state index is 11.9. The number of carboxylic acid groups (broad SMARTS) is 1. The van der Waals surface area contributed by atoms with E-state index in [-0.39, 0.29) is 17.0 Å². The Labute approximate surface area is 125 Å². The standard InChI is InChI=1S/C12H7BrN2O6/c13-6-1-2-8(7(5-6)12(17)18)14-11(16)9-3-4-10(21-9)15(19)20/h1-5H,(H,14,16)(H,17,18). The van der Waals surface area contributed by atoms with Crippen LogP contribution in [0.3, 0.4) is 0 Å². The summed E-state index contributed by atoms with van der Waals surface area (Å²) in [5.41, 5.74) is -0.0754. The van der Waals surface area contributed by atoms with Gasteiger partial charge < -0.3 is 14.8 Å². The van der Waals surface area contributed by atoms with Crippen LogP contribution in [0.2, 0.25) is 0 Å². The SMILES string of the molecule is O=C(Nc1ccc(Br)cc1C(=O)O)c1ccc([N+](=O)[O-])o1. The van der Waals surface area contributed by atoms with E-state index in [0.717, 1.165) is 12.1 Å². The number of nitrogens with zero attached hydrogens (tertiary/aromatic N) is 1. The van der Waals surface area contributed by atoms with Gasteiger partial charge in [-0.2, -0.15) is 0 Å². The van der Waals surface area contributed by atoms with Gasteiger partial charge in [0, 0.05) is 4.47 Å². The molecule has 2 aromatic rings. The smallest absolute Gasteiger partial charge is 0.433 e. The van der Waals surface area contributed by atoms with Crippen molar-refractivity contribution in [3.8, 4) is 0 Å². The first kappa shape index (κ1) is 14.7. The number of carboxylic acids is 1. The molecular weight excluding hydrogens is 348 g/mol. The summed E-state index contributed by atoms with van der Waals surface area (Å²) in [6, 6.07) is 6.43. The van der Waals surface area contributed by atoms with Crippen molar-refractivity contribution < 1.29 is 24.0 Å². The van der Waals surface area contributed by atoms with Crippen LogP contribution in [0.15, 0.2) is 39.2 Å². The van der Waals surface area contributed by atoms with E-state index in [0.29, 0.717) is 4.47 Å². The molecule has 8 nitrogen and oxygen atoms in total. The van der Waals surface area contributed by atoms with Crippen LogP contribution in [0.25, 0.3) is 0 Å². The number of amides is 1. The second-order valence-electron chi connectivity index (χ2n) is 3.84.